The zero-order valence-corrected chi connectivity index (χ0v) is 18.5. The van der Waals surface area contributed by atoms with Crippen molar-refractivity contribution in [2.24, 2.45) is 0 Å². The van der Waals surface area contributed by atoms with Gasteiger partial charge in [0, 0.05) is 43.3 Å². The van der Waals surface area contributed by atoms with Crippen LogP contribution in [-0.4, -0.2) is 57.4 Å². The van der Waals surface area contributed by atoms with Gasteiger partial charge in [-0.15, -0.1) is 5.10 Å². The predicted octanol–water partition coefficient (Wildman–Crippen LogP) is 3.02. The van der Waals surface area contributed by atoms with Crippen molar-refractivity contribution in [2.45, 2.75) is 32.9 Å². The third-order valence-corrected chi connectivity index (χ3v) is 5.81. The number of carbonyl (C=O) groups excluding carboxylic acids is 1. The Morgan fingerprint density at radius 1 is 1.19 bits per heavy atom. The Bertz CT molecular complexity index is 1330. The second-order valence-corrected chi connectivity index (χ2v) is 8.49. The number of nitrogens with one attached hydrogen (secondary N) is 1. The molecule has 0 saturated carbocycles. The fraction of sp³-hybridized carbons (Fsp3) is 0.348. The summed E-state index contributed by atoms with van der Waals surface area (Å²) in [6.07, 6.45) is 3.25. The number of aryl methyl sites for hydroxylation is 1. The van der Waals surface area contributed by atoms with Crippen molar-refractivity contribution in [3.05, 3.63) is 53.7 Å². The van der Waals surface area contributed by atoms with Crippen molar-refractivity contribution in [3.8, 4) is 5.88 Å². The summed E-state index contributed by atoms with van der Waals surface area (Å²) >= 11 is 0. The van der Waals surface area contributed by atoms with Crippen LogP contribution in [0.25, 0.3) is 16.6 Å². The normalized spacial score (nSPS) is 19.1. The number of hydrogen-bond donors (Lipinski definition) is 1. The Kier molecular flexibility index (Phi) is 4.85. The number of ether oxygens (including phenoxy) is 1. The molecular formula is C23H25FN6O2. The molecule has 32 heavy (non-hydrogen) atoms. The second-order valence-electron chi connectivity index (χ2n) is 8.49. The molecule has 4 heterocycles. The topological polar surface area (TPSA) is 76.7 Å². The molecule has 1 N–H and O–H groups in total. The summed E-state index contributed by atoms with van der Waals surface area (Å²) in [6, 6.07) is 7.79. The molecule has 1 saturated heterocycles. The lowest BCUT2D eigenvalue weighted by Crippen LogP contribution is -2.54. The van der Waals surface area contributed by atoms with Gasteiger partial charge < -0.3 is 19.4 Å². The molecule has 0 bridgehead atoms. The van der Waals surface area contributed by atoms with E-state index in [0.717, 1.165) is 24.2 Å². The number of imidazole rings is 1. The number of carbonyl (C=O) groups is 1. The second kappa shape index (κ2) is 7.59. The quantitative estimate of drug-likeness (QED) is 0.532. The first-order valence-corrected chi connectivity index (χ1v) is 10.6. The number of fused-ring (bicyclic) bond motifs is 2. The van der Waals surface area contributed by atoms with Gasteiger partial charge in [0.05, 0.1) is 29.3 Å². The van der Waals surface area contributed by atoms with Crippen molar-refractivity contribution in [2.75, 3.05) is 25.1 Å². The highest BCUT2D eigenvalue weighted by atomic mass is 19.1. The molecule has 3 aromatic heterocycles. The third kappa shape index (κ3) is 3.38. The predicted molar refractivity (Wildman–Crippen MR) is 120 cm³/mol. The van der Waals surface area contributed by atoms with E-state index in [2.05, 4.69) is 34.1 Å². The van der Waals surface area contributed by atoms with Gasteiger partial charge in [-0.1, -0.05) is 0 Å². The molecule has 5 rings (SSSR count). The molecule has 2 atom stereocenters. The highest BCUT2D eigenvalue weighted by Crippen LogP contribution is 2.31. The highest BCUT2D eigenvalue weighted by molar-refractivity contribution is 6.03. The molecular weight excluding hydrogens is 411 g/mol. The van der Waals surface area contributed by atoms with Gasteiger partial charge in [-0.05, 0) is 45.0 Å². The zero-order chi connectivity index (χ0) is 22.6. The lowest BCUT2D eigenvalue weighted by molar-refractivity contribution is 0.0947. The molecule has 0 spiro atoms. The first-order valence-electron chi connectivity index (χ1n) is 10.6. The zero-order valence-electron chi connectivity index (χ0n) is 18.5. The van der Waals surface area contributed by atoms with E-state index < -0.39 is 11.7 Å². The van der Waals surface area contributed by atoms with Gasteiger partial charge in [0.2, 0.25) is 5.88 Å². The van der Waals surface area contributed by atoms with Crippen LogP contribution in [-0.2, 0) is 0 Å². The molecule has 0 aliphatic carbocycles. The first kappa shape index (κ1) is 20.4. The number of methoxy groups -OCH3 is 1. The summed E-state index contributed by atoms with van der Waals surface area (Å²) < 4.78 is 22.8. The van der Waals surface area contributed by atoms with Crippen LogP contribution in [0.4, 0.5) is 10.1 Å². The minimum atomic E-state index is -0.559. The molecule has 0 unspecified atom stereocenters. The molecule has 0 radical (unpaired) electrons. The lowest BCUT2D eigenvalue weighted by atomic mass is 10.1. The number of halogens is 1. The van der Waals surface area contributed by atoms with Crippen LogP contribution in [0.2, 0.25) is 0 Å². The lowest BCUT2D eigenvalue weighted by Gasteiger charge is -2.37. The van der Waals surface area contributed by atoms with Crippen molar-refractivity contribution in [1.29, 1.82) is 0 Å². The van der Waals surface area contributed by atoms with Gasteiger partial charge in [-0.2, -0.15) is 4.68 Å². The number of piperazine rings is 1. The molecule has 166 valence electrons. The van der Waals surface area contributed by atoms with Crippen LogP contribution in [0.1, 0.15) is 29.9 Å². The van der Waals surface area contributed by atoms with E-state index in [-0.39, 0.29) is 11.2 Å². The van der Waals surface area contributed by atoms with Crippen LogP contribution >= 0.6 is 0 Å². The number of benzene rings is 1. The number of aromatic nitrogens is 4. The van der Waals surface area contributed by atoms with E-state index in [9.17, 15) is 9.18 Å². The molecule has 9 heteroatoms. The molecule has 8 nitrogen and oxygen atoms in total. The summed E-state index contributed by atoms with van der Waals surface area (Å²) in [6.45, 7) is 7.87. The van der Waals surface area contributed by atoms with Crippen LogP contribution in [0.3, 0.4) is 0 Å². The van der Waals surface area contributed by atoms with Gasteiger partial charge in [0.1, 0.15) is 0 Å². The average Bonchev–Trinajstić information content (AvgIpc) is 3.32. The Balaban J connectivity index is 1.57. The summed E-state index contributed by atoms with van der Waals surface area (Å²) in [5, 5.41) is 8.65. The molecule has 1 aromatic carbocycles. The standard InChI is InChI=1S/C23H25FN6O2/c1-13-9-28(10-14(2)25-13)17-5-6-20-18(8-17)22(32-4)27-30(20)23(31)16-7-19(24)21-26-15(3)11-29(21)12-16/h5-8,11-14,25H,9-10H2,1-4H3/t13-,14-/m0/s1. The van der Waals surface area contributed by atoms with Crippen molar-refractivity contribution in [1.82, 2.24) is 24.5 Å². The Morgan fingerprint density at radius 2 is 1.94 bits per heavy atom. The Hall–Kier alpha value is -3.46. The van der Waals surface area contributed by atoms with Crippen molar-refractivity contribution in [3.63, 3.8) is 0 Å². The average molecular weight is 436 g/mol. The fourth-order valence-corrected chi connectivity index (χ4v) is 4.54. The molecule has 1 fully saturated rings. The molecule has 1 aliphatic heterocycles. The minimum absolute atomic E-state index is 0.174. The van der Waals surface area contributed by atoms with Gasteiger partial charge in [0.25, 0.3) is 5.91 Å². The van der Waals surface area contributed by atoms with Crippen LogP contribution in [0.5, 0.6) is 5.88 Å². The van der Waals surface area contributed by atoms with Gasteiger partial charge in [-0.3, -0.25) is 4.79 Å². The Labute approximate surface area is 184 Å². The van der Waals surface area contributed by atoms with E-state index in [1.54, 1.807) is 19.3 Å². The Morgan fingerprint density at radius 3 is 2.66 bits per heavy atom. The summed E-state index contributed by atoms with van der Waals surface area (Å²) in [5.74, 6) is -0.648. The summed E-state index contributed by atoms with van der Waals surface area (Å²) in [4.78, 5) is 19.7. The number of pyridine rings is 1. The van der Waals surface area contributed by atoms with E-state index in [4.69, 9.17) is 4.74 Å². The summed E-state index contributed by atoms with van der Waals surface area (Å²) in [5.41, 5.74) is 2.68. The van der Waals surface area contributed by atoms with E-state index >= 15 is 0 Å². The van der Waals surface area contributed by atoms with E-state index in [1.807, 2.05) is 18.2 Å². The molecule has 0 amide bonds. The molecule has 4 aromatic rings. The fourth-order valence-electron chi connectivity index (χ4n) is 4.54. The van der Waals surface area contributed by atoms with Gasteiger partial charge in [0.15, 0.2) is 11.5 Å². The summed E-state index contributed by atoms with van der Waals surface area (Å²) in [7, 11) is 1.53. The van der Waals surface area contributed by atoms with E-state index in [0.29, 0.717) is 29.2 Å². The number of hydrogen-bond acceptors (Lipinski definition) is 6. The smallest absolute Gasteiger partial charge is 0.280 e. The SMILES string of the molecule is COc1nn(C(=O)c2cc(F)c3nc(C)cn3c2)c2ccc(N3C[C@H](C)N[C@@H](C)C3)cc12. The van der Waals surface area contributed by atoms with Crippen LogP contribution in [0.15, 0.2) is 36.7 Å². The van der Waals surface area contributed by atoms with E-state index in [1.165, 1.54) is 22.3 Å². The van der Waals surface area contributed by atoms with Gasteiger partial charge in [-0.25, -0.2) is 9.37 Å². The van der Waals surface area contributed by atoms with Crippen molar-refractivity contribution >= 4 is 28.1 Å². The maximum atomic E-state index is 14.5. The monoisotopic (exact) mass is 436 g/mol. The number of anilines is 1. The van der Waals surface area contributed by atoms with Crippen molar-refractivity contribution < 1.29 is 13.9 Å². The first-order chi connectivity index (χ1) is 15.3. The minimum Gasteiger partial charge on any atom is -0.479 e. The maximum absolute atomic E-state index is 14.5. The number of rotatable bonds is 3. The highest BCUT2D eigenvalue weighted by Gasteiger charge is 2.24. The molecule has 1 aliphatic rings. The number of nitrogens with zero attached hydrogens (tertiary/aromatic N) is 5. The third-order valence-electron chi connectivity index (χ3n) is 5.81. The van der Waals surface area contributed by atoms with Crippen LogP contribution in [0, 0.1) is 12.7 Å². The maximum Gasteiger partial charge on any atom is 0.280 e. The van der Waals surface area contributed by atoms with Gasteiger partial charge >= 0.3 is 0 Å². The largest absolute Gasteiger partial charge is 0.479 e. The van der Waals surface area contributed by atoms with Crippen LogP contribution < -0.4 is 15.0 Å².